The summed E-state index contributed by atoms with van der Waals surface area (Å²) in [5, 5.41) is 3.60. The van der Waals surface area contributed by atoms with Gasteiger partial charge in [-0.25, -0.2) is 0 Å². The van der Waals surface area contributed by atoms with Crippen molar-refractivity contribution in [3.05, 3.63) is 29.6 Å². The molecule has 0 aliphatic heterocycles. The third kappa shape index (κ3) is 3.06. The van der Waals surface area contributed by atoms with Crippen LogP contribution in [0.1, 0.15) is 68.5 Å². The van der Waals surface area contributed by atoms with Crippen LogP contribution in [0.2, 0.25) is 0 Å². The van der Waals surface area contributed by atoms with Crippen molar-refractivity contribution in [1.29, 1.82) is 0 Å². The Morgan fingerprint density at radius 1 is 1.25 bits per heavy atom. The molecule has 2 aliphatic rings. The highest BCUT2D eigenvalue weighted by Gasteiger charge is 2.28. The molecule has 2 heteroatoms. The van der Waals surface area contributed by atoms with Gasteiger partial charge in [0.05, 0.1) is 0 Å². The van der Waals surface area contributed by atoms with Gasteiger partial charge in [-0.2, -0.15) is 0 Å². The number of hydrogen-bond acceptors (Lipinski definition) is 2. The van der Waals surface area contributed by atoms with E-state index < -0.39 is 0 Å². The Labute approximate surface area is 123 Å². The molecule has 1 aromatic rings. The van der Waals surface area contributed by atoms with Crippen molar-refractivity contribution in [3.63, 3.8) is 0 Å². The predicted molar refractivity (Wildman–Crippen MR) is 84.0 cm³/mol. The monoisotopic (exact) mass is 272 g/mol. The van der Waals surface area contributed by atoms with Crippen molar-refractivity contribution in [1.82, 2.24) is 10.3 Å². The Morgan fingerprint density at radius 2 is 2.10 bits per heavy atom. The van der Waals surface area contributed by atoms with Crippen LogP contribution >= 0.6 is 0 Å². The molecule has 2 atom stereocenters. The first-order valence-electron chi connectivity index (χ1n) is 8.49. The zero-order valence-corrected chi connectivity index (χ0v) is 12.8. The lowest BCUT2D eigenvalue weighted by Crippen LogP contribution is -2.35. The first kappa shape index (κ1) is 14.1. The van der Waals surface area contributed by atoms with Gasteiger partial charge in [0.25, 0.3) is 0 Å². The molecule has 1 fully saturated rings. The number of hydrogen-bond donors (Lipinski definition) is 1. The van der Waals surface area contributed by atoms with Gasteiger partial charge in [0.15, 0.2) is 0 Å². The summed E-state index contributed by atoms with van der Waals surface area (Å²) in [6.45, 7) is 0. The Kier molecular flexibility index (Phi) is 4.72. The van der Waals surface area contributed by atoms with Crippen molar-refractivity contribution >= 4 is 0 Å². The highest BCUT2D eigenvalue weighted by molar-refractivity contribution is 5.27. The molecular formula is C18H28N2. The SMILES string of the molecule is CNC(CCC1CCCC1)C1CCCc2cccnc21. The first-order valence-corrected chi connectivity index (χ1v) is 8.49. The van der Waals surface area contributed by atoms with E-state index in [0.717, 1.165) is 5.92 Å². The van der Waals surface area contributed by atoms with Crippen molar-refractivity contribution < 1.29 is 0 Å². The maximum Gasteiger partial charge on any atom is 0.0481 e. The molecule has 110 valence electrons. The molecular weight excluding hydrogens is 244 g/mol. The van der Waals surface area contributed by atoms with Crippen LogP contribution in [-0.4, -0.2) is 18.1 Å². The molecule has 0 bridgehead atoms. The minimum absolute atomic E-state index is 0.615. The Hall–Kier alpha value is -0.890. The van der Waals surface area contributed by atoms with Gasteiger partial charge in [0.1, 0.15) is 0 Å². The van der Waals surface area contributed by atoms with E-state index in [1.807, 2.05) is 6.20 Å². The van der Waals surface area contributed by atoms with Crippen molar-refractivity contribution in [2.45, 2.75) is 69.7 Å². The first-order chi connectivity index (χ1) is 9.88. The summed E-state index contributed by atoms with van der Waals surface area (Å²) in [4.78, 5) is 4.71. The molecule has 0 radical (unpaired) electrons. The number of aryl methyl sites for hydroxylation is 1. The third-order valence-electron chi connectivity index (χ3n) is 5.46. The smallest absolute Gasteiger partial charge is 0.0481 e. The number of fused-ring (bicyclic) bond motifs is 1. The molecule has 2 nitrogen and oxygen atoms in total. The van der Waals surface area contributed by atoms with E-state index in [1.54, 1.807) is 0 Å². The quantitative estimate of drug-likeness (QED) is 0.874. The zero-order valence-electron chi connectivity index (χ0n) is 12.8. The van der Waals surface area contributed by atoms with E-state index in [2.05, 4.69) is 24.5 Å². The average Bonchev–Trinajstić information content (AvgIpc) is 3.01. The van der Waals surface area contributed by atoms with Gasteiger partial charge in [-0.15, -0.1) is 0 Å². The van der Waals surface area contributed by atoms with Crippen LogP contribution in [0.3, 0.4) is 0 Å². The summed E-state index contributed by atoms with van der Waals surface area (Å²) >= 11 is 0. The lowest BCUT2D eigenvalue weighted by Gasteiger charge is -2.32. The molecule has 0 spiro atoms. The van der Waals surface area contributed by atoms with Crippen LogP contribution in [0.5, 0.6) is 0 Å². The lowest BCUT2D eigenvalue weighted by atomic mass is 9.79. The fourth-order valence-corrected chi connectivity index (χ4v) is 4.30. The van der Waals surface area contributed by atoms with Gasteiger partial charge in [-0.05, 0) is 56.7 Å². The molecule has 1 N–H and O–H groups in total. The number of pyridine rings is 1. The number of likely N-dealkylation sites (N-methyl/N-ethyl adjacent to an activating group) is 1. The molecule has 0 aromatic carbocycles. The maximum absolute atomic E-state index is 4.71. The molecule has 2 unspecified atom stereocenters. The Balaban J connectivity index is 1.66. The summed E-state index contributed by atoms with van der Waals surface area (Å²) in [5.41, 5.74) is 2.87. The lowest BCUT2D eigenvalue weighted by molar-refractivity contribution is 0.349. The van der Waals surface area contributed by atoms with E-state index in [1.165, 1.54) is 69.0 Å². The summed E-state index contributed by atoms with van der Waals surface area (Å²) in [6, 6.07) is 4.98. The van der Waals surface area contributed by atoms with E-state index >= 15 is 0 Å². The van der Waals surface area contributed by atoms with Crippen LogP contribution in [-0.2, 0) is 6.42 Å². The fourth-order valence-electron chi connectivity index (χ4n) is 4.30. The van der Waals surface area contributed by atoms with E-state index in [0.29, 0.717) is 12.0 Å². The van der Waals surface area contributed by atoms with Crippen LogP contribution in [0, 0.1) is 5.92 Å². The van der Waals surface area contributed by atoms with Crippen LogP contribution in [0.25, 0.3) is 0 Å². The normalized spacial score (nSPS) is 24.6. The summed E-state index contributed by atoms with van der Waals surface area (Å²) in [5.74, 6) is 1.63. The number of aromatic nitrogens is 1. The maximum atomic E-state index is 4.71. The Morgan fingerprint density at radius 3 is 2.90 bits per heavy atom. The van der Waals surface area contributed by atoms with Gasteiger partial charge in [-0.3, -0.25) is 4.98 Å². The second-order valence-corrected chi connectivity index (χ2v) is 6.67. The largest absolute Gasteiger partial charge is 0.316 e. The topological polar surface area (TPSA) is 24.9 Å². The van der Waals surface area contributed by atoms with E-state index in [-0.39, 0.29) is 0 Å². The second kappa shape index (κ2) is 6.71. The third-order valence-corrected chi connectivity index (χ3v) is 5.46. The highest BCUT2D eigenvalue weighted by Crippen LogP contribution is 2.36. The van der Waals surface area contributed by atoms with Crippen LogP contribution in [0.4, 0.5) is 0 Å². The summed E-state index contributed by atoms with van der Waals surface area (Å²) in [7, 11) is 2.14. The molecule has 3 rings (SSSR count). The highest BCUT2D eigenvalue weighted by atomic mass is 14.9. The van der Waals surface area contributed by atoms with Gasteiger partial charge >= 0.3 is 0 Å². The van der Waals surface area contributed by atoms with E-state index in [4.69, 9.17) is 4.98 Å². The summed E-state index contributed by atoms with van der Waals surface area (Å²) < 4.78 is 0. The van der Waals surface area contributed by atoms with Crippen LogP contribution in [0.15, 0.2) is 18.3 Å². The van der Waals surface area contributed by atoms with Crippen molar-refractivity contribution in [2.24, 2.45) is 5.92 Å². The van der Waals surface area contributed by atoms with Gasteiger partial charge in [0, 0.05) is 23.9 Å². The molecule has 1 saturated carbocycles. The van der Waals surface area contributed by atoms with Crippen LogP contribution < -0.4 is 5.32 Å². The van der Waals surface area contributed by atoms with Gasteiger partial charge in [0.2, 0.25) is 0 Å². The van der Waals surface area contributed by atoms with Gasteiger partial charge in [-0.1, -0.05) is 31.7 Å². The molecule has 0 saturated heterocycles. The number of nitrogens with zero attached hydrogens (tertiary/aromatic N) is 1. The zero-order chi connectivity index (χ0) is 13.8. The van der Waals surface area contributed by atoms with Gasteiger partial charge < -0.3 is 5.32 Å². The van der Waals surface area contributed by atoms with Crippen molar-refractivity contribution in [3.8, 4) is 0 Å². The minimum atomic E-state index is 0.615. The number of nitrogens with one attached hydrogen (secondary N) is 1. The Bertz CT molecular complexity index is 423. The minimum Gasteiger partial charge on any atom is -0.316 e. The molecule has 0 amide bonds. The molecule has 1 aromatic heterocycles. The second-order valence-electron chi connectivity index (χ2n) is 6.67. The molecule has 1 heterocycles. The fraction of sp³-hybridized carbons (Fsp3) is 0.722. The predicted octanol–water partition coefficient (Wildman–Crippen LogP) is 4.06. The molecule has 20 heavy (non-hydrogen) atoms. The van der Waals surface area contributed by atoms with E-state index in [9.17, 15) is 0 Å². The van der Waals surface area contributed by atoms with Crippen molar-refractivity contribution in [2.75, 3.05) is 7.05 Å². The molecule has 2 aliphatic carbocycles. The number of rotatable bonds is 5. The summed E-state index contributed by atoms with van der Waals surface area (Å²) in [6.07, 6.45) is 14.4. The average molecular weight is 272 g/mol. The standard InChI is InChI=1S/C18H28N2/c1-19-17(12-11-14-6-2-3-7-14)16-10-4-8-15-9-5-13-20-18(15)16/h5,9,13-14,16-17,19H,2-4,6-8,10-12H2,1H3.